The lowest BCUT2D eigenvalue weighted by atomic mass is 10.2. The second-order valence-corrected chi connectivity index (χ2v) is 5.12. The van der Waals surface area contributed by atoms with E-state index in [2.05, 4.69) is 10.3 Å². The highest BCUT2D eigenvalue weighted by molar-refractivity contribution is 7.11. The molecular weight excluding hydrogens is 265 g/mol. The zero-order valence-corrected chi connectivity index (χ0v) is 11.4. The van der Waals surface area contributed by atoms with E-state index >= 15 is 0 Å². The van der Waals surface area contributed by atoms with Gasteiger partial charge in [-0.2, -0.15) is 13.2 Å². The first-order valence-electron chi connectivity index (χ1n) is 5.72. The van der Waals surface area contributed by atoms with E-state index in [1.54, 1.807) is 0 Å². The molecule has 0 spiro atoms. The van der Waals surface area contributed by atoms with Crippen LogP contribution in [0, 0.1) is 0 Å². The van der Waals surface area contributed by atoms with Gasteiger partial charge in [-0.05, 0) is 20.4 Å². The maximum absolute atomic E-state index is 12.5. The van der Waals surface area contributed by atoms with Crippen molar-refractivity contribution in [1.29, 1.82) is 0 Å². The van der Waals surface area contributed by atoms with Crippen LogP contribution in [-0.2, 0) is 10.9 Å². The molecule has 0 amide bonds. The number of hydrogen-bond donors (Lipinski definition) is 1. The smallest absolute Gasteiger partial charge is 0.377 e. The largest absolute Gasteiger partial charge is 0.443 e. The number of aromatic nitrogens is 1. The van der Waals surface area contributed by atoms with E-state index < -0.39 is 11.2 Å². The molecule has 1 aromatic heterocycles. The SMILES string of the molecule is CCNC(COC(C)C)c1cnc(C(F)(F)F)s1. The molecule has 0 bridgehead atoms. The Balaban J connectivity index is 2.76. The molecule has 18 heavy (non-hydrogen) atoms. The van der Waals surface area contributed by atoms with Crippen molar-refractivity contribution in [3.8, 4) is 0 Å². The Hall–Kier alpha value is -0.660. The van der Waals surface area contributed by atoms with Gasteiger partial charge in [0.1, 0.15) is 0 Å². The van der Waals surface area contributed by atoms with Crippen molar-refractivity contribution in [2.75, 3.05) is 13.2 Å². The van der Waals surface area contributed by atoms with Crippen LogP contribution in [-0.4, -0.2) is 24.2 Å². The Bertz CT molecular complexity index is 365. The van der Waals surface area contributed by atoms with Crippen molar-refractivity contribution in [3.05, 3.63) is 16.1 Å². The van der Waals surface area contributed by atoms with E-state index in [1.165, 1.54) is 6.20 Å². The fraction of sp³-hybridized carbons (Fsp3) is 0.727. The van der Waals surface area contributed by atoms with Crippen LogP contribution in [0.15, 0.2) is 6.20 Å². The van der Waals surface area contributed by atoms with E-state index in [0.29, 0.717) is 29.4 Å². The number of hydrogen-bond acceptors (Lipinski definition) is 4. The fourth-order valence-electron chi connectivity index (χ4n) is 1.36. The minimum absolute atomic E-state index is 0.0427. The Kier molecular flexibility index (Phi) is 5.55. The molecule has 1 unspecified atom stereocenters. The molecular formula is C11H17F3N2OS. The van der Waals surface area contributed by atoms with Crippen molar-refractivity contribution in [3.63, 3.8) is 0 Å². The lowest BCUT2D eigenvalue weighted by Crippen LogP contribution is -2.25. The van der Waals surface area contributed by atoms with Gasteiger partial charge in [-0.25, -0.2) is 4.98 Å². The molecule has 0 aliphatic carbocycles. The number of nitrogens with one attached hydrogen (secondary N) is 1. The van der Waals surface area contributed by atoms with E-state index in [0.717, 1.165) is 0 Å². The highest BCUT2D eigenvalue weighted by atomic mass is 32.1. The van der Waals surface area contributed by atoms with Crippen molar-refractivity contribution < 1.29 is 17.9 Å². The summed E-state index contributed by atoms with van der Waals surface area (Å²) in [5.74, 6) is 0. The molecule has 0 aliphatic heterocycles. The van der Waals surface area contributed by atoms with Crippen LogP contribution in [0.5, 0.6) is 0 Å². The number of halogens is 3. The van der Waals surface area contributed by atoms with Gasteiger partial charge in [-0.3, -0.25) is 0 Å². The summed E-state index contributed by atoms with van der Waals surface area (Å²) in [4.78, 5) is 3.96. The molecule has 0 fully saturated rings. The summed E-state index contributed by atoms with van der Waals surface area (Å²) in [6.45, 7) is 6.66. The molecule has 0 saturated carbocycles. The van der Waals surface area contributed by atoms with E-state index in [1.807, 2.05) is 20.8 Å². The number of nitrogens with zero attached hydrogens (tertiary/aromatic N) is 1. The molecule has 1 rings (SSSR count). The van der Waals surface area contributed by atoms with Gasteiger partial charge in [0.2, 0.25) is 0 Å². The average Bonchev–Trinajstić information content (AvgIpc) is 2.72. The topological polar surface area (TPSA) is 34.1 Å². The first-order chi connectivity index (χ1) is 8.34. The van der Waals surface area contributed by atoms with Crippen LogP contribution >= 0.6 is 11.3 Å². The van der Waals surface area contributed by atoms with E-state index in [-0.39, 0.29) is 12.1 Å². The molecule has 104 valence electrons. The van der Waals surface area contributed by atoms with Gasteiger partial charge in [0, 0.05) is 11.1 Å². The first kappa shape index (κ1) is 15.4. The van der Waals surface area contributed by atoms with E-state index in [4.69, 9.17) is 4.74 Å². The van der Waals surface area contributed by atoms with Crippen molar-refractivity contribution in [1.82, 2.24) is 10.3 Å². The van der Waals surface area contributed by atoms with Gasteiger partial charge in [-0.15, -0.1) is 11.3 Å². The molecule has 1 aromatic rings. The monoisotopic (exact) mass is 282 g/mol. The predicted octanol–water partition coefficient (Wildman–Crippen LogP) is 3.24. The van der Waals surface area contributed by atoms with Gasteiger partial charge in [0.25, 0.3) is 0 Å². The van der Waals surface area contributed by atoms with Gasteiger partial charge in [0.05, 0.1) is 18.8 Å². The van der Waals surface area contributed by atoms with Crippen LogP contribution in [0.3, 0.4) is 0 Å². The summed E-state index contributed by atoms with van der Waals surface area (Å²) in [6.07, 6.45) is -3.07. The van der Waals surface area contributed by atoms with Gasteiger partial charge in [0.15, 0.2) is 5.01 Å². The maximum Gasteiger partial charge on any atom is 0.443 e. The molecule has 1 atom stereocenters. The number of alkyl halides is 3. The van der Waals surface area contributed by atoms with Crippen LogP contribution in [0.1, 0.15) is 36.7 Å². The maximum atomic E-state index is 12.5. The lowest BCUT2D eigenvalue weighted by Gasteiger charge is -2.17. The zero-order valence-electron chi connectivity index (χ0n) is 10.5. The normalized spacial score (nSPS) is 14.2. The summed E-state index contributed by atoms with van der Waals surface area (Å²) in [6, 6.07) is -0.244. The van der Waals surface area contributed by atoms with Crippen molar-refractivity contribution in [2.45, 2.75) is 39.1 Å². The molecule has 0 radical (unpaired) electrons. The Morgan fingerprint density at radius 1 is 1.44 bits per heavy atom. The third kappa shape index (κ3) is 4.55. The minimum atomic E-state index is -4.38. The Morgan fingerprint density at radius 3 is 2.56 bits per heavy atom. The quantitative estimate of drug-likeness (QED) is 0.869. The van der Waals surface area contributed by atoms with Crippen molar-refractivity contribution >= 4 is 11.3 Å². The summed E-state index contributed by atoms with van der Waals surface area (Å²) in [5, 5.41) is 2.28. The second-order valence-electron chi connectivity index (χ2n) is 4.06. The summed E-state index contributed by atoms with van der Waals surface area (Å²) in [5.41, 5.74) is 0. The molecule has 1 heterocycles. The molecule has 3 nitrogen and oxygen atoms in total. The molecule has 7 heteroatoms. The number of thiazole rings is 1. The van der Waals surface area contributed by atoms with Gasteiger partial charge < -0.3 is 10.1 Å². The summed E-state index contributed by atoms with van der Waals surface area (Å²) < 4.78 is 42.8. The third-order valence-corrected chi connectivity index (χ3v) is 3.31. The highest BCUT2D eigenvalue weighted by Crippen LogP contribution is 2.34. The van der Waals surface area contributed by atoms with Crippen LogP contribution in [0.4, 0.5) is 13.2 Å². The number of rotatable bonds is 6. The van der Waals surface area contributed by atoms with Crippen LogP contribution < -0.4 is 5.32 Å². The minimum Gasteiger partial charge on any atom is -0.377 e. The second kappa shape index (κ2) is 6.49. The fourth-order valence-corrected chi connectivity index (χ4v) is 2.20. The lowest BCUT2D eigenvalue weighted by molar-refractivity contribution is -0.137. The van der Waals surface area contributed by atoms with Gasteiger partial charge >= 0.3 is 6.18 Å². The molecule has 0 saturated heterocycles. The van der Waals surface area contributed by atoms with Crippen LogP contribution in [0.2, 0.25) is 0 Å². The summed E-state index contributed by atoms with van der Waals surface area (Å²) >= 11 is 0.661. The first-order valence-corrected chi connectivity index (χ1v) is 6.54. The van der Waals surface area contributed by atoms with E-state index in [9.17, 15) is 13.2 Å². The zero-order chi connectivity index (χ0) is 13.8. The van der Waals surface area contributed by atoms with Gasteiger partial charge in [-0.1, -0.05) is 6.92 Å². The molecule has 0 aromatic carbocycles. The molecule has 1 N–H and O–H groups in total. The summed E-state index contributed by atoms with van der Waals surface area (Å²) in [7, 11) is 0. The Morgan fingerprint density at radius 2 is 2.11 bits per heavy atom. The average molecular weight is 282 g/mol. The highest BCUT2D eigenvalue weighted by Gasteiger charge is 2.35. The van der Waals surface area contributed by atoms with Crippen LogP contribution in [0.25, 0.3) is 0 Å². The third-order valence-electron chi connectivity index (χ3n) is 2.16. The Labute approximate surface area is 108 Å². The molecule has 0 aliphatic rings. The van der Waals surface area contributed by atoms with Crippen molar-refractivity contribution in [2.24, 2.45) is 0 Å². The standard InChI is InChI=1S/C11H17F3N2OS/c1-4-15-8(6-17-7(2)3)9-5-16-10(18-9)11(12,13)14/h5,7-8,15H,4,6H2,1-3H3. The number of likely N-dealkylation sites (N-methyl/N-ethyl adjacent to an activating group) is 1. The predicted molar refractivity (Wildman–Crippen MR) is 64.6 cm³/mol. The number of ether oxygens (including phenoxy) is 1.